The molecule has 2 rings (SSSR count). The molecule has 1 heterocycles. The number of aromatic nitrogens is 2. The fourth-order valence-electron chi connectivity index (χ4n) is 2.62. The van der Waals surface area contributed by atoms with Gasteiger partial charge in [-0.1, -0.05) is 0 Å². The summed E-state index contributed by atoms with van der Waals surface area (Å²) in [6.07, 6.45) is 5.12. The van der Waals surface area contributed by atoms with Crippen LogP contribution in [0.2, 0.25) is 5.28 Å². The molecule has 1 aliphatic carbocycles. The minimum Gasteiger partial charge on any atom is -0.444 e. The molecule has 1 amide bonds. The van der Waals surface area contributed by atoms with E-state index in [1.54, 1.807) is 6.20 Å². The maximum Gasteiger partial charge on any atom is 0.407 e. The SMILES string of the molecule is Cc1cnc(Cl)nc1N[C@H]1CC[C@@H](NC(=O)OC(C)(C)C)CC1. The Kier molecular flexibility index (Phi) is 5.68. The number of nitrogens with zero attached hydrogens (tertiary/aromatic N) is 2. The van der Waals surface area contributed by atoms with Gasteiger partial charge in [0.25, 0.3) is 0 Å². The zero-order valence-electron chi connectivity index (χ0n) is 14.1. The molecule has 1 aromatic heterocycles. The average Bonchev–Trinajstić information content (AvgIpc) is 2.43. The molecule has 0 radical (unpaired) electrons. The molecule has 7 heteroatoms. The lowest BCUT2D eigenvalue weighted by molar-refractivity contribution is 0.0492. The van der Waals surface area contributed by atoms with Crippen molar-refractivity contribution in [2.45, 2.75) is 71.1 Å². The molecule has 128 valence electrons. The highest BCUT2D eigenvalue weighted by atomic mass is 35.5. The first kappa shape index (κ1) is 17.8. The molecule has 0 unspecified atom stereocenters. The fourth-order valence-corrected chi connectivity index (χ4v) is 2.75. The molecule has 0 saturated heterocycles. The summed E-state index contributed by atoms with van der Waals surface area (Å²) in [4.78, 5) is 20.0. The monoisotopic (exact) mass is 340 g/mol. The van der Waals surface area contributed by atoms with Crippen LogP contribution in [0.3, 0.4) is 0 Å². The quantitative estimate of drug-likeness (QED) is 0.821. The number of ether oxygens (including phenoxy) is 1. The molecule has 0 atom stereocenters. The van der Waals surface area contributed by atoms with Gasteiger partial charge < -0.3 is 15.4 Å². The molecule has 1 fully saturated rings. The van der Waals surface area contributed by atoms with Gasteiger partial charge in [-0.2, -0.15) is 0 Å². The molecule has 0 spiro atoms. The van der Waals surface area contributed by atoms with Crippen molar-refractivity contribution in [1.29, 1.82) is 0 Å². The van der Waals surface area contributed by atoms with Crippen LogP contribution < -0.4 is 10.6 Å². The van der Waals surface area contributed by atoms with Gasteiger partial charge in [-0.25, -0.2) is 14.8 Å². The van der Waals surface area contributed by atoms with Gasteiger partial charge in [0.1, 0.15) is 11.4 Å². The molecule has 1 aliphatic rings. The van der Waals surface area contributed by atoms with Crippen LogP contribution in [-0.4, -0.2) is 33.7 Å². The number of rotatable bonds is 3. The second-order valence-corrected chi connectivity index (χ2v) is 7.35. The van der Waals surface area contributed by atoms with Gasteiger partial charge in [-0.3, -0.25) is 0 Å². The van der Waals surface area contributed by atoms with Crippen LogP contribution in [0, 0.1) is 6.92 Å². The smallest absolute Gasteiger partial charge is 0.407 e. The van der Waals surface area contributed by atoms with Crippen molar-refractivity contribution in [3.63, 3.8) is 0 Å². The normalized spacial score (nSPS) is 21.6. The summed E-state index contributed by atoms with van der Waals surface area (Å²) in [5.41, 5.74) is 0.510. The van der Waals surface area contributed by atoms with Crippen LogP contribution in [0.4, 0.5) is 10.6 Å². The zero-order chi connectivity index (χ0) is 17.0. The number of halogens is 1. The molecule has 23 heavy (non-hydrogen) atoms. The number of alkyl carbamates (subject to hydrolysis) is 1. The van der Waals surface area contributed by atoms with E-state index in [-0.39, 0.29) is 17.4 Å². The molecule has 0 aromatic carbocycles. The van der Waals surface area contributed by atoms with Crippen LogP contribution >= 0.6 is 11.6 Å². The first-order valence-corrected chi connectivity index (χ1v) is 8.36. The van der Waals surface area contributed by atoms with Gasteiger partial charge in [-0.15, -0.1) is 0 Å². The van der Waals surface area contributed by atoms with E-state index < -0.39 is 5.60 Å². The number of carbonyl (C=O) groups excluding carboxylic acids is 1. The third-order valence-corrected chi connectivity index (χ3v) is 3.91. The Morgan fingerprint density at radius 2 is 1.87 bits per heavy atom. The van der Waals surface area contributed by atoms with Crippen LogP contribution in [0.15, 0.2) is 6.20 Å². The van der Waals surface area contributed by atoms with Gasteiger partial charge in [-0.05, 0) is 65.0 Å². The van der Waals surface area contributed by atoms with E-state index in [4.69, 9.17) is 16.3 Å². The molecule has 2 N–H and O–H groups in total. The number of carbonyl (C=O) groups is 1. The number of hydrogen-bond acceptors (Lipinski definition) is 5. The van der Waals surface area contributed by atoms with Crippen molar-refractivity contribution in [2.75, 3.05) is 5.32 Å². The van der Waals surface area contributed by atoms with Gasteiger partial charge in [0.15, 0.2) is 0 Å². The first-order chi connectivity index (χ1) is 10.7. The molecule has 6 nitrogen and oxygen atoms in total. The second kappa shape index (κ2) is 7.34. The van der Waals surface area contributed by atoms with Gasteiger partial charge in [0.05, 0.1) is 0 Å². The standard InChI is InChI=1S/C16H25ClN4O2/c1-10-9-18-14(17)21-13(10)19-11-5-7-12(8-6-11)20-15(22)23-16(2,3)4/h9,11-12H,5-8H2,1-4H3,(H,20,22)(H,18,19,21)/t11-,12+. The van der Waals surface area contributed by atoms with E-state index in [1.165, 1.54) is 0 Å². The number of nitrogens with one attached hydrogen (secondary N) is 2. The zero-order valence-corrected chi connectivity index (χ0v) is 14.9. The van der Waals surface area contributed by atoms with Gasteiger partial charge >= 0.3 is 6.09 Å². The number of amides is 1. The Balaban J connectivity index is 1.80. The van der Waals surface area contributed by atoms with Crippen molar-refractivity contribution < 1.29 is 9.53 Å². The summed E-state index contributed by atoms with van der Waals surface area (Å²) < 4.78 is 5.29. The van der Waals surface area contributed by atoms with E-state index >= 15 is 0 Å². The average molecular weight is 341 g/mol. The van der Waals surface area contributed by atoms with E-state index in [0.717, 1.165) is 37.1 Å². The van der Waals surface area contributed by atoms with Crippen LogP contribution in [-0.2, 0) is 4.74 Å². The van der Waals surface area contributed by atoms with Crippen molar-refractivity contribution in [3.8, 4) is 0 Å². The van der Waals surface area contributed by atoms with Crippen LogP contribution in [0.25, 0.3) is 0 Å². The Bertz CT molecular complexity index is 552. The summed E-state index contributed by atoms with van der Waals surface area (Å²) in [6.45, 7) is 7.54. The van der Waals surface area contributed by atoms with Crippen molar-refractivity contribution in [1.82, 2.24) is 15.3 Å². The number of anilines is 1. The highest BCUT2D eigenvalue weighted by molar-refractivity contribution is 6.28. The summed E-state index contributed by atoms with van der Waals surface area (Å²) in [7, 11) is 0. The maximum atomic E-state index is 11.8. The molecule has 0 aliphatic heterocycles. The van der Waals surface area contributed by atoms with E-state index in [2.05, 4.69) is 20.6 Å². The Morgan fingerprint density at radius 3 is 2.48 bits per heavy atom. The van der Waals surface area contributed by atoms with Gasteiger partial charge in [0, 0.05) is 23.8 Å². The second-order valence-electron chi connectivity index (χ2n) is 7.01. The van der Waals surface area contributed by atoms with Gasteiger partial charge in [0.2, 0.25) is 5.28 Å². The highest BCUT2D eigenvalue weighted by Crippen LogP contribution is 2.23. The summed E-state index contributed by atoms with van der Waals surface area (Å²) in [5.74, 6) is 0.786. The lowest BCUT2D eigenvalue weighted by Crippen LogP contribution is -2.42. The lowest BCUT2D eigenvalue weighted by Gasteiger charge is -2.31. The summed E-state index contributed by atoms with van der Waals surface area (Å²) in [6, 6.07) is 0.495. The first-order valence-electron chi connectivity index (χ1n) is 7.98. The Morgan fingerprint density at radius 1 is 1.26 bits per heavy atom. The predicted molar refractivity (Wildman–Crippen MR) is 90.8 cm³/mol. The number of hydrogen-bond donors (Lipinski definition) is 2. The fraction of sp³-hybridized carbons (Fsp3) is 0.688. The van der Waals surface area contributed by atoms with Crippen molar-refractivity contribution >= 4 is 23.5 Å². The third kappa shape index (κ3) is 5.86. The highest BCUT2D eigenvalue weighted by Gasteiger charge is 2.25. The van der Waals surface area contributed by atoms with Crippen LogP contribution in [0.5, 0.6) is 0 Å². The summed E-state index contributed by atoms with van der Waals surface area (Å²) >= 11 is 5.84. The van der Waals surface area contributed by atoms with E-state index in [1.807, 2.05) is 27.7 Å². The lowest BCUT2D eigenvalue weighted by atomic mass is 9.91. The molecule has 1 saturated carbocycles. The molecular formula is C16H25ClN4O2. The van der Waals surface area contributed by atoms with Crippen molar-refractivity contribution in [3.05, 3.63) is 17.0 Å². The van der Waals surface area contributed by atoms with E-state index in [9.17, 15) is 4.79 Å². The van der Waals surface area contributed by atoms with E-state index in [0.29, 0.717) is 6.04 Å². The predicted octanol–water partition coefficient (Wildman–Crippen LogP) is 3.69. The minimum absolute atomic E-state index is 0.165. The van der Waals surface area contributed by atoms with Crippen molar-refractivity contribution in [2.24, 2.45) is 0 Å². The van der Waals surface area contributed by atoms with Crippen LogP contribution in [0.1, 0.15) is 52.0 Å². The Labute approximate surface area is 142 Å². The summed E-state index contributed by atoms with van der Waals surface area (Å²) in [5, 5.41) is 6.62. The third-order valence-electron chi connectivity index (χ3n) is 3.73. The topological polar surface area (TPSA) is 76.1 Å². The largest absolute Gasteiger partial charge is 0.444 e. The molecular weight excluding hydrogens is 316 g/mol. The maximum absolute atomic E-state index is 11.8. The Hall–Kier alpha value is -1.56. The minimum atomic E-state index is -0.466. The number of aryl methyl sites for hydroxylation is 1. The molecule has 0 bridgehead atoms. The molecule has 1 aromatic rings.